The summed E-state index contributed by atoms with van der Waals surface area (Å²) >= 11 is 0. The minimum atomic E-state index is -1.58. The number of unbranched alkanes of at least 4 members (excludes halogenated alkanes) is 1. The molecule has 0 fully saturated rings. The molecular formula is C13H20O2P+. The first-order chi connectivity index (χ1) is 7.79. The van der Waals surface area contributed by atoms with Crippen molar-refractivity contribution >= 4 is 8.03 Å². The van der Waals surface area contributed by atoms with Gasteiger partial charge in [-0.05, 0) is 17.9 Å². The van der Waals surface area contributed by atoms with Crippen molar-refractivity contribution in [1.29, 1.82) is 0 Å². The van der Waals surface area contributed by atoms with Crippen molar-refractivity contribution in [3.8, 4) is 0 Å². The Bertz CT molecular complexity index is 311. The topological polar surface area (TPSA) is 26.3 Å². The van der Waals surface area contributed by atoms with Crippen LogP contribution in [0.1, 0.15) is 44.3 Å². The first kappa shape index (κ1) is 13.3. The average Bonchev–Trinajstić information content (AvgIpc) is 2.31. The molecule has 2 atom stereocenters. The van der Waals surface area contributed by atoms with Crippen molar-refractivity contribution in [2.45, 2.75) is 38.8 Å². The highest BCUT2D eigenvalue weighted by atomic mass is 31.1. The lowest BCUT2D eigenvalue weighted by Gasteiger charge is -2.05. The number of hydrogen-bond donors (Lipinski definition) is 0. The fourth-order valence-corrected chi connectivity index (χ4v) is 2.93. The van der Waals surface area contributed by atoms with E-state index in [0.717, 1.165) is 24.8 Å². The van der Waals surface area contributed by atoms with Gasteiger partial charge in [-0.15, -0.1) is 4.52 Å². The lowest BCUT2D eigenvalue weighted by Crippen LogP contribution is -1.96. The van der Waals surface area contributed by atoms with E-state index in [4.69, 9.17) is 4.52 Å². The van der Waals surface area contributed by atoms with Gasteiger partial charge in [0, 0.05) is 12.0 Å². The maximum atomic E-state index is 12.0. The van der Waals surface area contributed by atoms with Crippen LogP contribution in [-0.2, 0) is 9.09 Å². The van der Waals surface area contributed by atoms with Crippen molar-refractivity contribution in [2.24, 2.45) is 0 Å². The van der Waals surface area contributed by atoms with Gasteiger partial charge in [0.2, 0.25) is 5.66 Å². The first-order valence-corrected chi connectivity index (χ1v) is 7.18. The highest BCUT2D eigenvalue weighted by molar-refractivity contribution is 7.39. The van der Waals surface area contributed by atoms with Crippen LogP contribution in [0, 0.1) is 0 Å². The third-order valence-electron chi connectivity index (χ3n) is 2.53. The molecule has 2 unspecified atom stereocenters. The fourth-order valence-electron chi connectivity index (χ4n) is 1.68. The molecule has 0 bridgehead atoms. The van der Waals surface area contributed by atoms with Crippen molar-refractivity contribution in [1.82, 2.24) is 0 Å². The molecule has 1 aromatic carbocycles. The summed E-state index contributed by atoms with van der Waals surface area (Å²) in [5, 5.41) is 0. The molecule has 0 spiro atoms. The van der Waals surface area contributed by atoms with Crippen LogP contribution in [0.5, 0.6) is 0 Å². The molecule has 0 radical (unpaired) electrons. The molecule has 16 heavy (non-hydrogen) atoms. The Labute approximate surface area is 98.9 Å². The first-order valence-electron chi connectivity index (χ1n) is 5.93. The lowest BCUT2D eigenvalue weighted by atomic mass is 10.1. The van der Waals surface area contributed by atoms with Gasteiger partial charge in [-0.2, -0.15) is 0 Å². The Morgan fingerprint density at radius 3 is 2.50 bits per heavy atom. The normalized spacial score (nSPS) is 13.5. The minimum absolute atomic E-state index is 0.0519. The third kappa shape index (κ3) is 4.03. The molecule has 0 saturated carbocycles. The Kier molecular flexibility index (Phi) is 6.29. The van der Waals surface area contributed by atoms with Crippen molar-refractivity contribution in [3.05, 3.63) is 35.9 Å². The van der Waals surface area contributed by atoms with Gasteiger partial charge in [0.1, 0.15) is 0 Å². The van der Waals surface area contributed by atoms with Crippen molar-refractivity contribution in [2.75, 3.05) is 6.61 Å². The maximum absolute atomic E-state index is 12.0. The van der Waals surface area contributed by atoms with Crippen molar-refractivity contribution < 1.29 is 9.09 Å². The summed E-state index contributed by atoms with van der Waals surface area (Å²) in [5.74, 6) is 0. The third-order valence-corrected chi connectivity index (χ3v) is 4.10. The van der Waals surface area contributed by atoms with Gasteiger partial charge < -0.3 is 0 Å². The van der Waals surface area contributed by atoms with E-state index in [0.29, 0.717) is 6.61 Å². The van der Waals surface area contributed by atoms with E-state index in [2.05, 4.69) is 6.92 Å². The molecule has 0 aliphatic heterocycles. The van der Waals surface area contributed by atoms with Gasteiger partial charge in [0.05, 0.1) is 6.61 Å². The van der Waals surface area contributed by atoms with Gasteiger partial charge in [-0.3, -0.25) is 0 Å². The molecule has 0 N–H and O–H groups in total. The van der Waals surface area contributed by atoms with E-state index in [-0.39, 0.29) is 5.66 Å². The SMILES string of the molecule is CCCCC(c1ccccc1)[P+](=O)OCC. The van der Waals surface area contributed by atoms with Gasteiger partial charge >= 0.3 is 8.03 Å². The molecule has 3 heteroatoms. The summed E-state index contributed by atoms with van der Waals surface area (Å²) in [7, 11) is -1.58. The van der Waals surface area contributed by atoms with E-state index in [1.807, 2.05) is 37.3 Å². The number of rotatable bonds is 7. The summed E-state index contributed by atoms with van der Waals surface area (Å²) in [6.07, 6.45) is 3.15. The number of hydrogen-bond acceptors (Lipinski definition) is 2. The van der Waals surface area contributed by atoms with E-state index in [1.54, 1.807) is 0 Å². The van der Waals surface area contributed by atoms with E-state index >= 15 is 0 Å². The summed E-state index contributed by atoms with van der Waals surface area (Å²) in [5.41, 5.74) is 1.18. The second-order valence-electron chi connectivity index (χ2n) is 3.77. The zero-order valence-corrected chi connectivity index (χ0v) is 11.0. The molecule has 0 aliphatic rings. The molecule has 88 valence electrons. The fraction of sp³-hybridized carbons (Fsp3) is 0.538. The van der Waals surface area contributed by atoms with Crippen LogP contribution in [0.3, 0.4) is 0 Å². The van der Waals surface area contributed by atoms with Crippen LogP contribution in [0.25, 0.3) is 0 Å². The molecule has 0 amide bonds. The average molecular weight is 239 g/mol. The smallest absolute Gasteiger partial charge is 0.146 e. The van der Waals surface area contributed by atoms with Crippen LogP contribution in [-0.4, -0.2) is 6.61 Å². The summed E-state index contributed by atoms with van der Waals surface area (Å²) < 4.78 is 17.2. The molecular weight excluding hydrogens is 219 g/mol. The highest BCUT2D eigenvalue weighted by Crippen LogP contribution is 2.45. The monoisotopic (exact) mass is 239 g/mol. The summed E-state index contributed by atoms with van der Waals surface area (Å²) in [6, 6.07) is 10.0. The van der Waals surface area contributed by atoms with Gasteiger partial charge in [-0.25, -0.2) is 0 Å². The second kappa shape index (κ2) is 7.54. The van der Waals surface area contributed by atoms with Crippen molar-refractivity contribution in [3.63, 3.8) is 0 Å². The minimum Gasteiger partial charge on any atom is -0.146 e. The Balaban J connectivity index is 2.74. The van der Waals surface area contributed by atoms with Crippen LogP contribution in [0.2, 0.25) is 0 Å². The maximum Gasteiger partial charge on any atom is 0.516 e. The molecule has 1 rings (SSSR count). The zero-order valence-electron chi connectivity index (χ0n) is 10.1. The largest absolute Gasteiger partial charge is 0.516 e. The lowest BCUT2D eigenvalue weighted by molar-refractivity contribution is 0.341. The van der Waals surface area contributed by atoms with E-state index < -0.39 is 8.03 Å². The molecule has 0 aromatic heterocycles. The van der Waals surface area contributed by atoms with Crippen LogP contribution < -0.4 is 0 Å². The molecule has 2 nitrogen and oxygen atoms in total. The predicted octanol–water partition coefficient (Wildman–Crippen LogP) is 4.70. The van der Waals surface area contributed by atoms with E-state index in [9.17, 15) is 4.57 Å². The molecule has 0 saturated heterocycles. The quantitative estimate of drug-likeness (QED) is 0.645. The Hall–Kier alpha value is -0.720. The Morgan fingerprint density at radius 2 is 1.94 bits per heavy atom. The number of benzene rings is 1. The standard InChI is InChI=1S/C13H20O2P/c1-3-5-11-13(16(14)15-4-2)12-9-7-6-8-10-12/h6-10,13H,3-5,11H2,1-2H3/q+1. The molecule has 0 heterocycles. The van der Waals surface area contributed by atoms with Crippen LogP contribution >= 0.6 is 8.03 Å². The molecule has 1 aromatic rings. The Morgan fingerprint density at radius 1 is 1.25 bits per heavy atom. The highest BCUT2D eigenvalue weighted by Gasteiger charge is 2.33. The van der Waals surface area contributed by atoms with Crippen LogP contribution in [0.15, 0.2) is 30.3 Å². The van der Waals surface area contributed by atoms with E-state index in [1.165, 1.54) is 0 Å². The van der Waals surface area contributed by atoms with Gasteiger partial charge in [-0.1, -0.05) is 43.7 Å². The molecule has 0 aliphatic carbocycles. The zero-order chi connectivity index (χ0) is 11.8. The van der Waals surface area contributed by atoms with Gasteiger partial charge in [0.25, 0.3) is 0 Å². The van der Waals surface area contributed by atoms with Crippen LogP contribution in [0.4, 0.5) is 0 Å². The second-order valence-corrected chi connectivity index (χ2v) is 5.22. The summed E-state index contributed by atoms with van der Waals surface area (Å²) in [6.45, 7) is 4.55. The van der Waals surface area contributed by atoms with Gasteiger partial charge in [0.15, 0.2) is 0 Å². The summed E-state index contributed by atoms with van der Waals surface area (Å²) in [4.78, 5) is 0. The predicted molar refractivity (Wildman–Crippen MR) is 67.9 cm³/mol.